The molecule has 2 atom stereocenters. The molecular formula is C12H20N2O4S. The van der Waals surface area contributed by atoms with Gasteiger partial charge < -0.3 is 15.3 Å². The molecule has 2 amide bonds. The van der Waals surface area contributed by atoms with Gasteiger partial charge in [0.15, 0.2) is 0 Å². The SMILES string of the molecule is CC(C)N1CC(C(=O)NC(CCS)C(=O)O)CC1=O. The molecule has 1 saturated heterocycles. The van der Waals surface area contributed by atoms with Crippen molar-refractivity contribution in [1.82, 2.24) is 10.2 Å². The van der Waals surface area contributed by atoms with E-state index >= 15 is 0 Å². The standard InChI is InChI=1S/C12H20N2O4S/c1-7(2)14-6-8(5-10(14)15)11(16)13-9(3-4-19)12(17)18/h7-9,19H,3-6H2,1-2H3,(H,13,16)(H,17,18). The molecule has 2 unspecified atom stereocenters. The van der Waals surface area contributed by atoms with Gasteiger partial charge in [0.05, 0.1) is 5.92 Å². The summed E-state index contributed by atoms with van der Waals surface area (Å²) in [6.07, 6.45) is 0.413. The summed E-state index contributed by atoms with van der Waals surface area (Å²) < 4.78 is 0. The molecule has 0 aromatic rings. The average molecular weight is 288 g/mol. The zero-order valence-corrected chi connectivity index (χ0v) is 12.0. The number of aliphatic carboxylic acids is 1. The number of carboxylic acid groups (broad SMARTS) is 1. The predicted molar refractivity (Wildman–Crippen MR) is 73.0 cm³/mol. The van der Waals surface area contributed by atoms with Crippen molar-refractivity contribution in [1.29, 1.82) is 0 Å². The monoisotopic (exact) mass is 288 g/mol. The number of carbonyl (C=O) groups is 3. The molecule has 1 aliphatic rings. The van der Waals surface area contributed by atoms with E-state index in [9.17, 15) is 14.4 Å². The number of rotatable bonds is 6. The summed E-state index contributed by atoms with van der Waals surface area (Å²) in [4.78, 5) is 36.3. The third-order valence-electron chi connectivity index (χ3n) is 3.18. The van der Waals surface area contributed by atoms with Gasteiger partial charge in [-0.15, -0.1) is 0 Å². The molecule has 1 rings (SSSR count). The van der Waals surface area contributed by atoms with Crippen LogP contribution in [0.3, 0.4) is 0 Å². The van der Waals surface area contributed by atoms with Gasteiger partial charge in [-0.05, 0) is 26.0 Å². The van der Waals surface area contributed by atoms with Crippen LogP contribution in [0.2, 0.25) is 0 Å². The van der Waals surface area contributed by atoms with Gasteiger partial charge in [-0.2, -0.15) is 12.6 Å². The van der Waals surface area contributed by atoms with Crippen LogP contribution >= 0.6 is 12.6 Å². The van der Waals surface area contributed by atoms with Crippen molar-refractivity contribution < 1.29 is 19.5 Å². The minimum absolute atomic E-state index is 0.0537. The van der Waals surface area contributed by atoms with Crippen LogP contribution in [0.25, 0.3) is 0 Å². The lowest BCUT2D eigenvalue weighted by Crippen LogP contribution is -2.44. The number of hydrogen-bond acceptors (Lipinski definition) is 4. The second kappa shape index (κ2) is 6.79. The Morgan fingerprint density at radius 2 is 2.16 bits per heavy atom. The van der Waals surface area contributed by atoms with E-state index in [0.29, 0.717) is 12.3 Å². The lowest BCUT2D eigenvalue weighted by atomic mass is 10.1. The van der Waals surface area contributed by atoms with Gasteiger partial charge in [0.1, 0.15) is 6.04 Å². The maximum Gasteiger partial charge on any atom is 0.326 e. The molecule has 0 aromatic carbocycles. The van der Waals surface area contributed by atoms with Crippen LogP contribution in [0.15, 0.2) is 0 Å². The molecule has 0 spiro atoms. The molecule has 1 fully saturated rings. The number of amides is 2. The summed E-state index contributed by atoms with van der Waals surface area (Å²) in [5, 5.41) is 11.4. The first-order chi connectivity index (χ1) is 8.86. The van der Waals surface area contributed by atoms with Crippen molar-refractivity contribution in [2.45, 2.75) is 38.8 Å². The zero-order chi connectivity index (χ0) is 14.6. The van der Waals surface area contributed by atoms with Crippen LogP contribution in [0.1, 0.15) is 26.7 Å². The van der Waals surface area contributed by atoms with E-state index in [4.69, 9.17) is 5.11 Å². The van der Waals surface area contributed by atoms with Crippen LogP contribution in [-0.2, 0) is 14.4 Å². The maximum atomic E-state index is 12.0. The second-order valence-corrected chi connectivity index (χ2v) is 5.40. The Kier molecular flexibility index (Phi) is 5.65. The highest BCUT2D eigenvalue weighted by molar-refractivity contribution is 7.80. The van der Waals surface area contributed by atoms with Gasteiger partial charge in [-0.1, -0.05) is 0 Å². The summed E-state index contributed by atoms with van der Waals surface area (Å²) in [6, 6.07) is -0.883. The molecule has 0 aliphatic carbocycles. The van der Waals surface area contributed by atoms with Crippen LogP contribution in [0, 0.1) is 5.92 Å². The normalized spacial score (nSPS) is 20.7. The molecule has 7 heteroatoms. The number of nitrogens with one attached hydrogen (secondary N) is 1. The molecule has 1 aliphatic heterocycles. The van der Waals surface area contributed by atoms with Gasteiger partial charge in [0, 0.05) is 19.0 Å². The number of likely N-dealkylation sites (tertiary alicyclic amines) is 1. The quantitative estimate of drug-likeness (QED) is 0.607. The van der Waals surface area contributed by atoms with E-state index < -0.39 is 17.9 Å². The zero-order valence-electron chi connectivity index (χ0n) is 11.1. The number of hydrogen-bond donors (Lipinski definition) is 3. The van der Waals surface area contributed by atoms with Crippen LogP contribution in [-0.4, -0.2) is 52.2 Å². The molecule has 2 N–H and O–H groups in total. The third kappa shape index (κ3) is 4.12. The highest BCUT2D eigenvalue weighted by Crippen LogP contribution is 2.20. The fraction of sp³-hybridized carbons (Fsp3) is 0.750. The Morgan fingerprint density at radius 1 is 1.53 bits per heavy atom. The molecule has 108 valence electrons. The van der Waals surface area contributed by atoms with E-state index in [1.165, 1.54) is 0 Å². The van der Waals surface area contributed by atoms with Gasteiger partial charge in [0.2, 0.25) is 11.8 Å². The van der Waals surface area contributed by atoms with E-state index in [2.05, 4.69) is 17.9 Å². The summed E-state index contributed by atoms with van der Waals surface area (Å²) in [5.74, 6) is -1.59. The second-order valence-electron chi connectivity index (χ2n) is 4.95. The van der Waals surface area contributed by atoms with Crippen LogP contribution in [0.5, 0.6) is 0 Å². The maximum absolute atomic E-state index is 12.0. The minimum Gasteiger partial charge on any atom is -0.480 e. The Balaban J connectivity index is 2.59. The van der Waals surface area contributed by atoms with Crippen molar-refractivity contribution in [3.05, 3.63) is 0 Å². The van der Waals surface area contributed by atoms with Gasteiger partial charge >= 0.3 is 5.97 Å². The van der Waals surface area contributed by atoms with Gasteiger partial charge in [-0.25, -0.2) is 4.79 Å². The number of carboxylic acids is 1. The Bertz CT molecular complexity index is 373. The van der Waals surface area contributed by atoms with E-state index in [1.54, 1.807) is 4.90 Å². The van der Waals surface area contributed by atoms with E-state index in [1.807, 2.05) is 13.8 Å². The lowest BCUT2D eigenvalue weighted by Gasteiger charge is -2.21. The molecule has 1 heterocycles. The topological polar surface area (TPSA) is 86.7 Å². The Hall–Kier alpha value is -1.24. The first kappa shape index (κ1) is 15.8. The molecule has 6 nitrogen and oxygen atoms in total. The Morgan fingerprint density at radius 3 is 2.58 bits per heavy atom. The first-order valence-corrected chi connectivity index (χ1v) is 6.93. The number of carbonyl (C=O) groups excluding carboxylic acids is 2. The minimum atomic E-state index is -1.08. The van der Waals surface area contributed by atoms with Crippen molar-refractivity contribution >= 4 is 30.4 Å². The van der Waals surface area contributed by atoms with Crippen molar-refractivity contribution in [2.24, 2.45) is 5.92 Å². The molecule has 0 saturated carbocycles. The fourth-order valence-corrected chi connectivity index (χ4v) is 2.34. The Labute approximate surface area is 117 Å². The van der Waals surface area contributed by atoms with E-state index in [0.717, 1.165) is 0 Å². The number of nitrogens with zero attached hydrogens (tertiary/aromatic N) is 1. The van der Waals surface area contributed by atoms with Crippen molar-refractivity contribution in [2.75, 3.05) is 12.3 Å². The van der Waals surface area contributed by atoms with Gasteiger partial charge in [-0.3, -0.25) is 9.59 Å². The van der Waals surface area contributed by atoms with Gasteiger partial charge in [0.25, 0.3) is 0 Å². The van der Waals surface area contributed by atoms with Crippen molar-refractivity contribution in [3.63, 3.8) is 0 Å². The molecule has 0 bridgehead atoms. The summed E-state index contributed by atoms with van der Waals surface area (Å²) in [7, 11) is 0. The highest BCUT2D eigenvalue weighted by Gasteiger charge is 2.36. The molecule has 0 aromatic heterocycles. The largest absolute Gasteiger partial charge is 0.480 e. The third-order valence-corrected chi connectivity index (χ3v) is 3.44. The van der Waals surface area contributed by atoms with Crippen LogP contribution < -0.4 is 5.32 Å². The molecular weight excluding hydrogens is 268 g/mol. The smallest absolute Gasteiger partial charge is 0.326 e. The summed E-state index contributed by atoms with van der Waals surface area (Å²) in [5.41, 5.74) is 0. The van der Waals surface area contributed by atoms with Crippen LogP contribution in [0.4, 0.5) is 0 Å². The van der Waals surface area contributed by atoms with E-state index in [-0.39, 0.29) is 30.7 Å². The average Bonchev–Trinajstić information content (AvgIpc) is 2.70. The number of thiol groups is 1. The fourth-order valence-electron chi connectivity index (χ4n) is 2.08. The lowest BCUT2D eigenvalue weighted by molar-refractivity contribution is -0.142. The predicted octanol–water partition coefficient (Wildman–Crippen LogP) is 0.133. The molecule has 0 radical (unpaired) electrons. The first-order valence-electron chi connectivity index (χ1n) is 6.30. The van der Waals surface area contributed by atoms with Crippen molar-refractivity contribution in [3.8, 4) is 0 Å². The molecule has 19 heavy (non-hydrogen) atoms. The summed E-state index contributed by atoms with van der Waals surface area (Å²) in [6.45, 7) is 4.13. The summed E-state index contributed by atoms with van der Waals surface area (Å²) >= 11 is 3.97. The highest BCUT2D eigenvalue weighted by atomic mass is 32.1.